The fraction of sp³-hybridized carbons (Fsp3) is 0.238. The Balaban J connectivity index is 1.93. The number of amides is 1. The number of rotatable bonds is 7. The van der Waals surface area contributed by atoms with E-state index in [1.54, 1.807) is 38.5 Å². The van der Waals surface area contributed by atoms with Crippen LogP contribution in [0.15, 0.2) is 42.5 Å². The molecule has 0 fully saturated rings. The zero-order valence-electron chi connectivity index (χ0n) is 16.0. The molecule has 3 rings (SSSR count). The standard InChI is InChI=1S/C21H22FN3O3/c1-4-17-21(23-19(26)11-13-5-7-14(22)8-6-13)20(25-24-17)16-12-15(27-2)9-10-18(16)28-3/h5-10,12H,4,11H2,1-3H3,(H,23,26)(H,24,25). The van der Waals surface area contributed by atoms with E-state index in [4.69, 9.17) is 9.47 Å². The van der Waals surface area contributed by atoms with E-state index in [1.165, 1.54) is 12.1 Å². The molecule has 2 N–H and O–H groups in total. The normalized spacial score (nSPS) is 10.6. The quantitative estimate of drug-likeness (QED) is 0.647. The number of anilines is 1. The van der Waals surface area contributed by atoms with Crippen LogP contribution in [0.1, 0.15) is 18.2 Å². The summed E-state index contributed by atoms with van der Waals surface area (Å²) in [4.78, 5) is 12.6. The molecular formula is C21H22FN3O3. The molecular weight excluding hydrogens is 361 g/mol. The van der Waals surface area contributed by atoms with Crippen molar-refractivity contribution in [1.29, 1.82) is 0 Å². The van der Waals surface area contributed by atoms with Crippen LogP contribution < -0.4 is 14.8 Å². The SMILES string of the molecule is CCc1[nH]nc(-c2cc(OC)ccc2OC)c1NC(=O)Cc1ccc(F)cc1. The fourth-order valence-electron chi connectivity index (χ4n) is 2.93. The molecule has 146 valence electrons. The lowest BCUT2D eigenvalue weighted by molar-refractivity contribution is -0.115. The molecule has 2 aromatic carbocycles. The van der Waals surface area contributed by atoms with E-state index in [9.17, 15) is 9.18 Å². The summed E-state index contributed by atoms with van der Waals surface area (Å²) < 4.78 is 23.8. The summed E-state index contributed by atoms with van der Waals surface area (Å²) in [7, 11) is 3.16. The van der Waals surface area contributed by atoms with Crippen LogP contribution in [-0.4, -0.2) is 30.3 Å². The van der Waals surface area contributed by atoms with Gasteiger partial charge >= 0.3 is 0 Å². The minimum Gasteiger partial charge on any atom is -0.497 e. The third-order valence-corrected chi connectivity index (χ3v) is 4.40. The maximum atomic E-state index is 13.1. The maximum absolute atomic E-state index is 13.1. The van der Waals surface area contributed by atoms with Crippen LogP contribution in [0.4, 0.5) is 10.1 Å². The number of hydrogen-bond acceptors (Lipinski definition) is 4. The molecule has 6 nitrogen and oxygen atoms in total. The third-order valence-electron chi connectivity index (χ3n) is 4.40. The van der Waals surface area contributed by atoms with Crippen LogP contribution in [0.25, 0.3) is 11.3 Å². The molecule has 0 bridgehead atoms. The second-order valence-corrected chi connectivity index (χ2v) is 6.20. The van der Waals surface area contributed by atoms with Gasteiger partial charge in [0, 0.05) is 5.56 Å². The molecule has 1 aromatic heterocycles. The van der Waals surface area contributed by atoms with Gasteiger partial charge in [-0.2, -0.15) is 5.10 Å². The molecule has 0 aliphatic rings. The topological polar surface area (TPSA) is 76.2 Å². The minimum atomic E-state index is -0.334. The Morgan fingerprint density at radius 1 is 1.14 bits per heavy atom. The maximum Gasteiger partial charge on any atom is 0.228 e. The number of benzene rings is 2. The Morgan fingerprint density at radius 3 is 2.54 bits per heavy atom. The molecule has 0 saturated heterocycles. The molecule has 0 unspecified atom stereocenters. The lowest BCUT2D eigenvalue weighted by Gasteiger charge is -2.12. The summed E-state index contributed by atoms with van der Waals surface area (Å²) in [5.41, 5.74) is 3.39. The van der Waals surface area contributed by atoms with Gasteiger partial charge in [0.2, 0.25) is 5.91 Å². The van der Waals surface area contributed by atoms with E-state index in [2.05, 4.69) is 15.5 Å². The van der Waals surface area contributed by atoms with Gasteiger partial charge in [0.05, 0.1) is 32.0 Å². The number of carbonyl (C=O) groups excluding carboxylic acids is 1. The van der Waals surface area contributed by atoms with Crippen LogP contribution in [-0.2, 0) is 17.6 Å². The van der Waals surface area contributed by atoms with Gasteiger partial charge in [0.15, 0.2) is 0 Å². The van der Waals surface area contributed by atoms with Crippen molar-refractivity contribution in [1.82, 2.24) is 10.2 Å². The number of ether oxygens (including phenoxy) is 2. The molecule has 0 radical (unpaired) electrons. The zero-order chi connectivity index (χ0) is 20.1. The van der Waals surface area contributed by atoms with Crippen LogP contribution in [0.3, 0.4) is 0 Å². The Morgan fingerprint density at radius 2 is 1.89 bits per heavy atom. The van der Waals surface area contributed by atoms with E-state index in [0.717, 1.165) is 11.3 Å². The number of aromatic amines is 1. The summed E-state index contributed by atoms with van der Waals surface area (Å²) in [5.74, 6) is 0.718. The average Bonchev–Trinajstić information content (AvgIpc) is 3.11. The molecule has 3 aromatic rings. The Bertz CT molecular complexity index is 968. The number of aromatic nitrogens is 2. The van der Waals surface area contributed by atoms with E-state index in [-0.39, 0.29) is 18.1 Å². The smallest absolute Gasteiger partial charge is 0.228 e. The first kappa shape index (κ1) is 19.4. The van der Waals surface area contributed by atoms with Crippen LogP contribution in [0.2, 0.25) is 0 Å². The van der Waals surface area contributed by atoms with Gasteiger partial charge in [-0.15, -0.1) is 0 Å². The summed E-state index contributed by atoms with van der Waals surface area (Å²) in [6.07, 6.45) is 0.786. The van der Waals surface area contributed by atoms with Gasteiger partial charge in [0.1, 0.15) is 23.0 Å². The second kappa shape index (κ2) is 8.56. The van der Waals surface area contributed by atoms with Crippen molar-refractivity contribution < 1.29 is 18.7 Å². The highest BCUT2D eigenvalue weighted by Gasteiger charge is 2.20. The van der Waals surface area contributed by atoms with Crippen molar-refractivity contribution in [2.24, 2.45) is 0 Å². The molecule has 28 heavy (non-hydrogen) atoms. The molecule has 7 heteroatoms. The highest BCUT2D eigenvalue weighted by Crippen LogP contribution is 2.37. The highest BCUT2D eigenvalue weighted by molar-refractivity contribution is 5.97. The van der Waals surface area contributed by atoms with Crippen molar-refractivity contribution in [3.05, 3.63) is 59.5 Å². The van der Waals surface area contributed by atoms with Gasteiger partial charge in [0.25, 0.3) is 0 Å². The third kappa shape index (κ3) is 4.14. The molecule has 0 saturated carbocycles. The lowest BCUT2D eigenvalue weighted by Crippen LogP contribution is -2.15. The first-order chi connectivity index (χ1) is 13.5. The van der Waals surface area contributed by atoms with Crippen LogP contribution >= 0.6 is 0 Å². The summed E-state index contributed by atoms with van der Waals surface area (Å²) >= 11 is 0. The monoisotopic (exact) mass is 383 g/mol. The number of nitrogens with zero attached hydrogens (tertiary/aromatic N) is 1. The molecule has 1 amide bonds. The lowest BCUT2D eigenvalue weighted by atomic mass is 10.1. The number of H-pyrrole nitrogens is 1. The number of carbonyl (C=O) groups is 1. The van der Waals surface area contributed by atoms with Gasteiger partial charge in [-0.3, -0.25) is 9.89 Å². The van der Waals surface area contributed by atoms with Crippen molar-refractivity contribution in [2.75, 3.05) is 19.5 Å². The highest BCUT2D eigenvalue weighted by atomic mass is 19.1. The largest absolute Gasteiger partial charge is 0.497 e. The van der Waals surface area contributed by atoms with E-state index in [1.807, 2.05) is 13.0 Å². The summed E-state index contributed by atoms with van der Waals surface area (Å²) in [6.45, 7) is 1.97. The predicted octanol–water partition coefficient (Wildman–Crippen LogP) is 3.98. The predicted molar refractivity (Wildman–Crippen MR) is 105 cm³/mol. The van der Waals surface area contributed by atoms with E-state index >= 15 is 0 Å². The van der Waals surface area contributed by atoms with Crippen LogP contribution in [0.5, 0.6) is 11.5 Å². The first-order valence-electron chi connectivity index (χ1n) is 8.89. The number of aryl methyl sites for hydroxylation is 1. The van der Waals surface area contributed by atoms with Gasteiger partial charge < -0.3 is 14.8 Å². The molecule has 0 aliphatic heterocycles. The van der Waals surface area contributed by atoms with Gasteiger partial charge in [-0.1, -0.05) is 19.1 Å². The van der Waals surface area contributed by atoms with Crippen molar-refractivity contribution >= 4 is 11.6 Å². The van der Waals surface area contributed by atoms with Crippen molar-refractivity contribution in [3.8, 4) is 22.8 Å². The average molecular weight is 383 g/mol. The molecule has 0 spiro atoms. The van der Waals surface area contributed by atoms with E-state index < -0.39 is 0 Å². The second-order valence-electron chi connectivity index (χ2n) is 6.20. The molecule has 0 aliphatic carbocycles. The minimum absolute atomic E-state index is 0.128. The van der Waals surface area contributed by atoms with Crippen molar-refractivity contribution in [2.45, 2.75) is 19.8 Å². The van der Waals surface area contributed by atoms with Gasteiger partial charge in [-0.05, 0) is 42.3 Å². The first-order valence-corrected chi connectivity index (χ1v) is 8.89. The Labute approximate surface area is 162 Å². The van der Waals surface area contributed by atoms with E-state index in [0.29, 0.717) is 34.9 Å². The number of methoxy groups -OCH3 is 2. The van der Waals surface area contributed by atoms with Gasteiger partial charge in [-0.25, -0.2) is 4.39 Å². The summed E-state index contributed by atoms with van der Waals surface area (Å²) in [6, 6.07) is 11.3. The fourth-order valence-corrected chi connectivity index (χ4v) is 2.93. The zero-order valence-corrected chi connectivity index (χ0v) is 16.0. The summed E-state index contributed by atoms with van der Waals surface area (Å²) in [5, 5.41) is 10.3. The Hall–Kier alpha value is -3.35. The number of halogens is 1. The number of nitrogens with one attached hydrogen (secondary N) is 2. The number of hydrogen-bond donors (Lipinski definition) is 2. The Kier molecular flexibility index (Phi) is 5.93. The van der Waals surface area contributed by atoms with Crippen molar-refractivity contribution in [3.63, 3.8) is 0 Å². The molecule has 1 heterocycles. The molecule has 0 atom stereocenters. The van der Waals surface area contributed by atoms with Crippen LogP contribution in [0, 0.1) is 5.82 Å².